The first kappa shape index (κ1) is 17.2. The van der Waals surface area contributed by atoms with Crippen molar-refractivity contribution in [2.75, 3.05) is 6.54 Å². The Morgan fingerprint density at radius 3 is 2.57 bits per heavy atom. The Kier molecular flexibility index (Phi) is 4.85. The van der Waals surface area contributed by atoms with Crippen molar-refractivity contribution in [2.24, 2.45) is 0 Å². The fourth-order valence-electron chi connectivity index (χ4n) is 1.76. The number of benzene rings is 1. The minimum atomic E-state index is -4.63. The quantitative estimate of drug-likeness (QED) is 0.882. The highest BCUT2D eigenvalue weighted by molar-refractivity contribution is 7.89. The van der Waals surface area contributed by atoms with E-state index in [9.17, 15) is 26.4 Å². The van der Waals surface area contributed by atoms with E-state index in [1.165, 1.54) is 18.3 Å². The third-order valence-electron chi connectivity index (χ3n) is 2.87. The van der Waals surface area contributed by atoms with Crippen molar-refractivity contribution in [3.63, 3.8) is 0 Å². The molecule has 1 aromatic carbocycles. The van der Waals surface area contributed by atoms with Gasteiger partial charge in [-0.15, -0.1) is 0 Å². The van der Waals surface area contributed by atoms with E-state index < -0.39 is 32.2 Å². The molecule has 0 radical (unpaired) electrons. The molecular formula is C13H12F3N3O3S. The molecule has 0 atom stereocenters. The third kappa shape index (κ3) is 4.39. The van der Waals surface area contributed by atoms with Crippen LogP contribution in [0.2, 0.25) is 0 Å². The summed E-state index contributed by atoms with van der Waals surface area (Å²) in [6, 6.07) is 6.10. The number of hydrogen-bond donors (Lipinski definition) is 1. The first-order chi connectivity index (χ1) is 10.7. The molecule has 0 aliphatic carbocycles. The predicted molar refractivity (Wildman–Crippen MR) is 75.1 cm³/mol. The first-order valence-corrected chi connectivity index (χ1v) is 7.87. The van der Waals surface area contributed by atoms with E-state index in [0.717, 1.165) is 22.9 Å². The number of rotatable bonds is 5. The number of alkyl halides is 3. The molecule has 0 saturated heterocycles. The minimum absolute atomic E-state index is 0.0438. The van der Waals surface area contributed by atoms with Gasteiger partial charge in [0.15, 0.2) is 0 Å². The van der Waals surface area contributed by atoms with Crippen LogP contribution in [0.15, 0.2) is 52.3 Å². The summed E-state index contributed by atoms with van der Waals surface area (Å²) in [5, 5.41) is 3.74. The molecule has 0 saturated carbocycles. The number of hydrogen-bond acceptors (Lipinski definition) is 4. The fourth-order valence-corrected chi connectivity index (χ4v) is 2.83. The molecule has 1 heterocycles. The maximum absolute atomic E-state index is 12.6. The molecule has 0 fully saturated rings. The normalized spacial score (nSPS) is 12.3. The highest BCUT2D eigenvalue weighted by Gasteiger charge is 2.31. The summed E-state index contributed by atoms with van der Waals surface area (Å²) in [5.41, 5.74) is -1.47. The van der Waals surface area contributed by atoms with Gasteiger partial charge in [-0.05, 0) is 24.3 Å². The van der Waals surface area contributed by atoms with Crippen molar-refractivity contribution >= 4 is 10.0 Å². The molecule has 1 aromatic heterocycles. The summed E-state index contributed by atoms with van der Waals surface area (Å²) in [6.45, 7) is -0.229. The molecule has 23 heavy (non-hydrogen) atoms. The average molecular weight is 347 g/mol. The number of sulfonamides is 1. The molecule has 10 heteroatoms. The smallest absolute Gasteiger partial charge is 0.268 e. The number of nitrogens with zero attached hydrogens (tertiary/aromatic N) is 2. The number of nitrogens with one attached hydrogen (secondary N) is 1. The summed E-state index contributed by atoms with van der Waals surface area (Å²) in [6.07, 6.45) is -3.27. The van der Waals surface area contributed by atoms with Crippen LogP contribution in [0.4, 0.5) is 13.2 Å². The van der Waals surface area contributed by atoms with Crippen molar-refractivity contribution in [2.45, 2.75) is 17.6 Å². The minimum Gasteiger partial charge on any atom is -0.268 e. The Bertz CT molecular complexity index is 847. The maximum atomic E-state index is 12.6. The van der Waals surface area contributed by atoms with Gasteiger partial charge >= 0.3 is 6.18 Å². The van der Waals surface area contributed by atoms with Gasteiger partial charge in [0.1, 0.15) is 0 Å². The van der Waals surface area contributed by atoms with Crippen molar-refractivity contribution < 1.29 is 21.6 Å². The maximum Gasteiger partial charge on any atom is 0.416 e. The van der Waals surface area contributed by atoms with E-state index in [1.807, 2.05) is 0 Å². The van der Waals surface area contributed by atoms with Gasteiger partial charge in [0.05, 0.1) is 17.0 Å². The summed E-state index contributed by atoms with van der Waals surface area (Å²) >= 11 is 0. The van der Waals surface area contributed by atoms with Crippen molar-refractivity contribution in [3.8, 4) is 0 Å². The van der Waals surface area contributed by atoms with Gasteiger partial charge in [0.2, 0.25) is 10.0 Å². The molecule has 0 aliphatic rings. The second kappa shape index (κ2) is 6.50. The molecule has 0 bridgehead atoms. The van der Waals surface area contributed by atoms with E-state index >= 15 is 0 Å². The van der Waals surface area contributed by atoms with E-state index in [1.54, 1.807) is 0 Å². The SMILES string of the molecule is O=c1cccnn1CCNS(=O)(=O)c1cccc(C(F)(F)F)c1. The Balaban J connectivity index is 2.11. The summed E-state index contributed by atoms with van der Waals surface area (Å²) < 4.78 is 65.0. The lowest BCUT2D eigenvalue weighted by Crippen LogP contribution is -2.31. The van der Waals surface area contributed by atoms with Gasteiger partial charge in [-0.1, -0.05) is 6.07 Å². The molecule has 124 valence electrons. The second-order valence-corrected chi connectivity index (χ2v) is 6.28. The molecule has 0 aliphatic heterocycles. The molecule has 2 rings (SSSR count). The van der Waals surface area contributed by atoms with E-state index in [2.05, 4.69) is 9.82 Å². The van der Waals surface area contributed by atoms with Gasteiger partial charge in [-0.2, -0.15) is 18.3 Å². The van der Waals surface area contributed by atoms with Gasteiger partial charge in [-0.3, -0.25) is 4.79 Å². The molecule has 0 unspecified atom stereocenters. The Hall–Kier alpha value is -2.20. The van der Waals surface area contributed by atoms with Crippen molar-refractivity contribution in [1.29, 1.82) is 0 Å². The lowest BCUT2D eigenvalue weighted by molar-refractivity contribution is -0.137. The summed E-state index contributed by atoms with van der Waals surface area (Å²) in [4.78, 5) is 10.9. The molecule has 0 amide bonds. The summed E-state index contributed by atoms with van der Waals surface area (Å²) in [7, 11) is -4.12. The van der Waals surface area contributed by atoms with Crippen LogP contribution < -0.4 is 10.3 Å². The monoisotopic (exact) mass is 347 g/mol. The summed E-state index contributed by atoms with van der Waals surface area (Å²) in [5.74, 6) is 0. The lowest BCUT2D eigenvalue weighted by Gasteiger charge is -2.10. The Morgan fingerprint density at radius 1 is 1.17 bits per heavy atom. The zero-order chi connectivity index (χ0) is 17.1. The van der Waals surface area contributed by atoms with E-state index in [0.29, 0.717) is 6.07 Å². The van der Waals surface area contributed by atoms with Crippen LogP contribution in [0.25, 0.3) is 0 Å². The largest absolute Gasteiger partial charge is 0.416 e. The van der Waals surface area contributed by atoms with E-state index in [-0.39, 0.29) is 13.1 Å². The molecule has 2 aromatic rings. The van der Waals surface area contributed by atoms with Gasteiger partial charge in [0, 0.05) is 18.8 Å². The third-order valence-corrected chi connectivity index (χ3v) is 4.33. The standard InChI is InChI=1S/C13H12F3N3O3S/c14-13(15,16)10-3-1-4-11(9-10)23(21,22)18-7-8-19-12(20)5-2-6-17-19/h1-6,9,18H,7-8H2. The molecule has 6 nitrogen and oxygen atoms in total. The Labute approximate surface area is 129 Å². The zero-order valence-electron chi connectivity index (χ0n) is 11.6. The predicted octanol–water partition coefficient (Wildman–Crippen LogP) is 1.24. The molecule has 1 N–H and O–H groups in total. The topological polar surface area (TPSA) is 81.1 Å². The zero-order valence-corrected chi connectivity index (χ0v) is 12.4. The Morgan fingerprint density at radius 2 is 1.91 bits per heavy atom. The first-order valence-electron chi connectivity index (χ1n) is 6.39. The highest BCUT2D eigenvalue weighted by atomic mass is 32.2. The van der Waals surface area contributed by atoms with Gasteiger partial charge < -0.3 is 0 Å². The van der Waals surface area contributed by atoms with Crippen LogP contribution in [-0.4, -0.2) is 24.7 Å². The van der Waals surface area contributed by atoms with Crippen molar-refractivity contribution in [1.82, 2.24) is 14.5 Å². The van der Waals surface area contributed by atoms with Crippen LogP contribution in [0.5, 0.6) is 0 Å². The number of aromatic nitrogens is 2. The van der Waals surface area contributed by atoms with Crippen molar-refractivity contribution in [3.05, 3.63) is 58.5 Å². The van der Waals surface area contributed by atoms with Crippen LogP contribution in [0.3, 0.4) is 0 Å². The highest BCUT2D eigenvalue weighted by Crippen LogP contribution is 2.30. The van der Waals surface area contributed by atoms with Gasteiger partial charge in [0.25, 0.3) is 5.56 Å². The average Bonchev–Trinajstić information content (AvgIpc) is 2.48. The fraction of sp³-hybridized carbons (Fsp3) is 0.231. The number of halogens is 3. The van der Waals surface area contributed by atoms with Crippen LogP contribution >= 0.6 is 0 Å². The lowest BCUT2D eigenvalue weighted by atomic mass is 10.2. The van der Waals surface area contributed by atoms with Crippen LogP contribution in [0, 0.1) is 0 Å². The van der Waals surface area contributed by atoms with E-state index in [4.69, 9.17) is 0 Å². The molecular weight excluding hydrogens is 335 g/mol. The van der Waals surface area contributed by atoms with Crippen LogP contribution in [0.1, 0.15) is 5.56 Å². The van der Waals surface area contributed by atoms with Gasteiger partial charge in [-0.25, -0.2) is 17.8 Å². The van der Waals surface area contributed by atoms with Crippen LogP contribution in [-0.2, 0) is 22.7 Å². The molecule has 0 spiro atoms. The second-order valence-electron chi connectivity index (χ2n) is 4.51.